The summed E-state index contributed by atoms with van der Waals surface area (Å²) in [7, 11) is -3.61. The maximum atomic E-state index is 12.2. The molecule has 0 unspecified atom stereocenters. The van der Waals surface area contributed by atoms with E-state index >= 15 is 0 Å². The zero-order valence-electron chi connectivity index (χ0n) is 12.9. The van der Waals surface area contributed by atoms with E-state index in [9.17, 15) is 8.42 Å². The van der Waals surface area contributed by atoms with Crippen molar-refractivity contribution in [2.75, 3.05) is 13.2 Å². The van der Waals surface area contributed by atoms with Crippen molar-refractivity contribution < 1.29 is 13.2 Å². The number of sulfonamides is 1. The van der Waals surface area contributed by atoms with Gasteiger partial charge in [-0.2, -0.15) is 5.26 Å². The molecule has 0 aromatic heterocycles. The summed E-state index contributed by atoms with van der Waals surface area (Å²) in [5.41, 5.74) is 0.256. The molecule has 1 N–H and O–H groups in total. The van der Waals surface area contributed by atoms with Crippen LogP contribution in [0.3, 0.4) is 0 Å². The van der Waals surface area contributed by atoms with Gasteiger partial charge in [0.15, 0.2) is 0 Å². The first-order valence-electron chi connectivity index (χ1n) is 7.84. The summed E-state index contributed by atoms with van der Waals surface area (Å²) in [5, 5.41) is 8.94. The van der Waals surface area contributed by atoms with Crippen molar-refractivity contribution in [1.82, 2.24) is 4.72 Å². The number of rotatable bonds is 7. The molecule has 1 aromatic rings. The van der Waals surface area contributed by atoms with Crippen molar-refractivity contribution in [3.8, 4) is 6.07 Å². The van der Waals surface area contributed by atoms with Crippen LogP contribution in [-0.2, 0) is 14.8 Å². The lowest BCUT2D eigenvalue weighted by Gasteiger charge is -2.21. The van der Waals surface area contributed by atoms with Crippen LogP contribution >= 0.6 is 11.6 Å². The fraction of sp³-hybridized carbons (Fsp3) is 0.562. The topological polar surface area (TPSA) is 79.2 Å². The van der Waals surface area contributed by atoms with Gasteiger partial charge in [-0.25, -0.2) is 13.1 Å². The van der Waals surface area contributed by atoms with Crippen molar-refractivity contribution in [1.29, 1.82) is 5.26 Å². The summed E-state index contributed by atoms with van der Waals surface area (Å²) >= 11 is 5.87. The average molecular weight is 357 g/mol. The van der Waals surface area contributed by atoms with Crippen LogP contribution in [0.2, 0.25) is 5.02 Å². The van der Waals surface area contributed by atoms with Gasteiger partial charge < -0.3 is 4.74 Å². The standard InChI is InChI=1S/C16H21ClN2O3S/c17-16-11-15(8-7-13(16)12-18)23(20,21)19-9-4-10-22-14-5-2-1-3-6-14/h7-8,11,14,19H,1-6,9-10H2. The molecule has 0 saturated heterocycles. The Morgan fingerprint density at radius 1 is 1.30 bits per heavy atom. The summed E-state index contributed by atoms with van der Waals surface area (Å²) < 4.78 is 32.6. The van der Waals surface area contributed by atoms with Crippen LogP contribution in [0.1, 0.15) is 44.1 Å². The van der Waals surface area contributed by atoms with E-state index in [0.29, 0.717) is 25.7 Å². The fourth-order valence-electron chi connectivity index (χ4n) is 2.60. The molecular weight excluding hydrogens is 336 g/mol. The molecule has 126 valence electrons. The molecule has 1 fully saturated rings. The summed E-state index contributed by atoms with van der Waals surface area (Å²) in [5.74, 6) is 0. The highest BCUT2D eigenvalue weighted by Gasteiger charge is 2.16. The molecule has 2 rings (SSSR count). The van der Waals surface area contributed by atoms with Crippen LogP contribution in [0.5, 0.6) is 0 Å². The molecule has 1 aromatic carbocycles. The van der Waals surface area contributed by atoms with Gasteiger partial charge in [-0.1, -0.05) is 30.9 Å². The molecule has 0 atom stereocenters. The van der Waals surface area contributed by atoms with Crippen molar-refractivity contribution in [2.24, 2.45) is 0 Å². The number of hydrogen-bond donors (Lipinski definition) is 1. The van der Waals surface area contributed by atoms with E-state index in [1.807, 2.05) is 6.07 Å². The van der Waals surface area contributed by atoms with E-state index in [-0.39, 0.29) is 15.5 Å². The summed E-state index contributed by atoms with van der Waals surface area (Å²) in [4.78, 5) is 0.0645. The lowest BCUT2D eigenvalue weighted by atomic mass is 9.98. The Kier molecular flexibility index (Phi) is 6.85. The predicted molar refractivity (Wildman–Crippen MR) is 88.8 cm³/mol. The van der Waals surface area contributed by atoms with Crippen molar-refractivity contribution in [3.05, 3.63) is 28.8 Å². The molecule has 0 bridgehead atoms. The Balaban J connectivity index is 1.77. The lowest BCUT2D eigenvalue weighted by Crippen LogP contribution is -2.26. The second-order valence-corrected chi connectivity index (χ2v) is 7.81. The number of halogens is 1. The van der Waals surface area contributed by atoms with E-state index in [0.717, 1.165) is 12.8 Å². The Bertz CT molecular complexity index is 664. The molecular formula is C16H21ClN2O3S. The summed E-state index contributed by atoms with van der Waals surface area (Å²) in [6.07, 6.45) is 6.89. The monoisotopic (exact) mass is 356 g/mol. The highest BCUT2D eigenvalue weighted by molar-refractivity contribution is 7.89. The van der Waals surface area contributed by atoms with Gasteiger partial charge in [0.05, 0.1) is 21.6 Å². The average Bonchev–Trinajstić information content (AvgIpc) is 2.55. The number of ether oxygens (including phenoxy) is 1. The molecule has 1 aliphatic rings. The van der Waals surface area contributed by atoms with E-state index in [2.05, 4.69) is 4.72 Å². The van der Waals surface area contributed by atoms with Crippen molar-refractivity contribution in [3.63, 3.8) is 0 Å². The van der Waals surface area contributed by atoms with Crippen LogP contribution < -0.4 is 4.72 Å². The first-order valence-corrected chi connectivity index (χ1v) is 9.70. The molecule has 0 aliphatic heterocycles. The highest BCUT2D eigenvalue weighted by atomic mass is 35.5. The second kappa shape index (κ2) is 8.65. The molecule has 0 spiro atoms. The van der Waals surface area contributed by atoms with E-state index < -0.39 is 10.0 Å². The Morgan fingerprint density at radius 3 is 2.70 bits per heavy atom. The number of nitriles is 1. The van der Waals surface area contributed by atoms with Gasteiger partial charge in [0.25, 0.3) is 0 Å². The number of nitrogens with zero attached hydrogens (tertiary/aromatic N) is 1. The normalized spacial score (nSPS) is 16.2. The van der Waals surface area contributed by atoms with Gasteiger partial charge >= 0.3 is 0 Å². The first-order chi connectivity index (χ1) is 11.0. The largest absolute Gasteiger partial charge is 0.378 e. The van der Waals surface area contributed by atoms with Crippen LogP contribution in [0, 0.1) is 11.3 Å². The zero-order valence-corrected chi connectivity index (χ0v) is 14.5. The van der Waals surface area contributed by atoms with Crippen molar-refractivity contribution >= 4 is 21.6 Å². The minimum absolute atomic E-state index is 0.0645. The van der Waals surface area contributed by atoms with Crippen LogP contribution in [0.25, 0.3) is 0 Å². The van der Waals surface area contributed by atoms with Gasteiger partial charge in [0.1, 0.15) is 6.07 Å². The molecule has 5 nitrogen and oxygen atoms in total. The van der Waals surface area contributed by atoms with E-state index in [4.69, 9.17) is 21.6 Å². The molecule has 1 aliphatic carbocycles. The van der Waals surface area contributed by atoms with Crippen LogP contribution in [0.4, 0.5) is 0 Å². The van der Waals surface area contributed by atoms with E-state index in [1.165, 1.54) is 37.5 Å². The molecule has 23 heavy (non-hydrogen) atoms. The molecule has 0 amide bonds. The Morgan fingerprint density at radius 2 is 2.04 bits per heavy atom. The fourth-order valence-corrected chi connectivity index (χ4v) is 3.98. The zero-order chi connectivity index (χ0) is 16.7. The molecule has 7 heteroatoms. The van der Waals surface area contributed by atoms with Gasteiger partial charge in [-0.15, -0.1) is 0 Å². The third-order valence-electron chi connectivity index (χ3n) is 3.89. The number of benzene rings is 1. The first kappa shape index (κ1) is 18.2. The second-order valence-electron chi connectivity index (χ2n) is 5.64. The maximum absolute atomic E-state index is 12.2. The predicted octanol–water partition coefficient (Wildman–Crippen LogP) is 3.23. The van der Waals surface area contributed by atoms with Crippen molar-refractivity contribution in [2.45, 2.75) is 49.5 Å². The van der Waals surface area contributed by atoms with Gasteiger partial charge in [-0.05, 0) is 37.5 Å². The Hall–Kier alpha value is -1.13. The third kappa shape index (κ3) is 5.47. The summed E-state index contributed by atoms with van der Waals surface area (Å²) in [6, 6.07) is 5.98. The van der Waals surface area contributed by atoms with Crippen LogP contribution in [0.15, 0.2) is 23.1 Å². The van der Waals surface area contributed by atoms with Gasteiger partial charge in [-0.3, -0.25) is 0 Å². The van der Waals surface area contributed by atoms with Gasteiger partial charge in [0, 0.05) is 13.2 Å². The number of nitrogens with one attached hydrogen (secondary N) is 1. The highest BCUT2D eigenvalue weighted by Crippen LogP contribution is 2.21. The molecule has 0 radical (unpaired) electrons. The molecule has 0 heterocycles. The maximum Gasteiger partial charge on any atom is 0.240 e. The minimum atomic E-state index is -3.61. The quantitative estimate of drug-likeness (QED) is 0.760. The minimum Gasteiger partial charge on any atom is -0.378 e. The Labute approximate surface area is 142 Å². The lowest BCUT2D eigenvalue weighted by molar-refractivity contribution is 0.0278. The summed E-state index contributed by atoms with van der Waals surface area (Å²) in [6.45, 7) is 0.869. The van der Waals surface area contributed by atoms with Crippen LogP contribution in [-0.4, -0.2) is 27.7 Å². The molecule has 1 saturated carbocycles. The smallest absolute Gasteiger partial charge is 0.240 e. The number of hydrogen-bond acceptors (Lipinski definition) is 4. The SMILES string of the molecule is N#Cc1ccc(S(=O)(=O)NCCCOC2CCCCC2)cc1Cl. The van der Waals surface area contributed by atoms with Gasteiger partial charge in [0.2, 0.25) is 10.0 Å². The third-order valence-corrected chi connectivity index (χ3v) is 5.66. The van der Waals surface area contributed by atoms with E-state index in [1.54, 1.807) is 0 Å².